The lowest BCUT2D eigenvalue weighted by Gasteiger charge is -2.11. The Morgan fingerprint density at radius 3 is 3.08 bits per heavy atom. The van der Waals surface area contributed by atoms with Crippen molar-refractivity contribution >= 4 is 28.9 Å². The van der Waals surface area contributed by atoms with Crippen molar-refractivity contribution in [3.8, 4) is 0 Å². The fourth-order valence-corrected chi connectivity index (χ4v) is 1.59. The number of amidine groups is 1. The predicted octanol–water partition coefficient (Wildman–Crippen LogP) is -0.0520. The highest BCUT2D eigenvalue weighted by atomic mass is 32.2. The zero-order valence-electron chi connectivity index (χ0n) is 7.02. The lowest BCUT2D eigenvalue weighted by Crippen LogP contribution is -2.36. The molecule has 1 aliphatic rings. The van der Waals surface area contributed by atoms with E-state index in [-0.39, 0.29) is 23.4 Å². The number of hydrazone groups is 1. The maximum absolute atomic E-state index is 11.2. The van der Waals surface area contributed by atoms with Crippen LogP contribution in [0.15, 0.2) is 5.10 Å². The number of rotatable bonds is 1. The predicted molar refractivity (Wildman–Crippen MR) is 47.9 cm³/mol. The van der Waals surface area contributed by atoms with Gasteiger partial charge in [0.25, 0.3) is 0 Å². The van der Waals surface area contributed by atoms with Gasteiger partial charge in [0.1, 0.15) is 0 Å². The van der Waals surface area contributed by atoms with Crippen LogP contribution in [0.4, 0.5) is 4.79 Å². The molecule has 72 valence electrons. The lowest BCUT2D eigenvalue weighted by atomic mass is 10.6. The van der Waals surface area contributed by atoms with E-state index in [4.69, 9.17) is 5.84 Å². The summed E-state index contributed by atoms with van der Waals surface area (Å²) >= 11 is 1.11. The summed E-state index contributed by atoms with van der Waals surface area (Å²) in [5.41, 5.74) is 0. The minimum Gasteiger partial charge on any atom is -0.449 e. The molecule has 0 aromatic carbocycles. The average Bonchev–Trinajstić information content (AvgIpc) is 2.47. The molecule has 0 atom stereocenters. The van der Waals surface area contributed by atoms with Gasteiger partial charge < -0.3 is 10.6 Å². The third kappa shape index (κ3) is 1.92. The second-order valence-corrected chi connectivity index (χ2v) is 3.07. The third-order valence-electron chi connectivity index (χ3n) is 1.33. The average molecular weight is 203 g/mol. The first-order chi connectivity index (χ1) is 6.20. The van der Waals surface area contributed by atoms with E-state index in [0.717, 1.165) is 16.7 Å². The fraction of sp³-hybridized carbons (Fsp3) is 0.500. The van der Waals surface area contributed by atoms with Crippen LogP contribution in [0.5, 0.6) is 0 Å². The highest BCUT2D eigenvalue weighted by Crippen LogP contribution is 2.19. The summed E-state index contributed by atoms with van der Waals surface area (Å²) < 4.78 is 4.64. The Labute approximate surface area is 79.1 Å². The first kappa shape index (κ1) is 9.85. The quantitative estimate of drug-likeness (QED) is 0.477. The molecule has 7 heteroatoms. The summed E-state index contributed by atoms with van der Waals surface area (Å²) in [4.78, 5) is 23.1. The summed E-state index contributed by atoms with van der Waals surface area (Å²) in [6.45, 7) is 1.87. The third-order valence-corrected chi connectivity index (χ3v) is 2.26. The summed E-state index contributed by atoms with van der Waals surface area (Å²) in [5, 5.41) is 3.49. The van der Waals surface area contributed by atoms with Crippen LogP contribution in [-0.2, 0) is 9.53 Å². The van der Waals surface area contributed by atoms with Crippen molar-refractivity contribution in [3.63, 3.8) is 0 Å². The van der Waals surface area contributed by atoms with E-state index < -0.39 is 6.09 Å². The molecule has 0 unspecified atom stereocenters. The first-order valence-electron chi connectivity index (χ1n) is 3.61. The normalized spacial score (nSPS) is 19.6. The Hall–Kier alpha value is -1.24. The highest BCUT2D eigenvalue weighted by molar-refractivity contribution is 8.15. The second-order valence-electron chi connectivity index (χ2n) is 2.13. The number of hydrogen-bond donors (Lipinski definition) is 1. The maximum atomic E-state index is 11.2. The van der Waals surface area contributed by atoms with Gasteiger partial charge in [-0.3, -0.25) is 4.79 Å². The van der Waals surface area contributed by atoms with Crippen LogP contribution in [0.1, 0.15) is 6.92 Å². The number of hydrogen-bond acceptors (Lipinski definition) is 6. The fourth-order valence-electron chi connectivity index (χ4n) is 0.825. The molecule has 13 heavy (non-hydrogen) atoms. The van der Waals surface area contributed by atoms with Gasteiger partial charge in [0.2, 0.25) is 5.91 Å². The standard InChI is InChI=1S/C6H9N3O3S/c1-2-12-6(11)9-4(10)3-13-5(9)8-7/h2-3,7H2,1H3. The molecule has 0 aromatic rings. The summed E-state index contributed by atoms with van der Waals surface area (Å²) in [6, 6.07) is 0. The van der Waals surface area contributed by atoms with Gasteiger partial charge in [0, 0.05) is 0 Å². The molecule has 0 aromatic heterocycles. The first-order valence-corrected chi connectivity index (χ1v) is 4.59. The molecule has 0 aliphatic carbocycles. The van der Waals surface area contributed by atoms with Crippen LogP contribution in [0.3, 0.4) is 0 Å². The molecule has 0 radical (unpaired) electrons. The number of carbonyl (C=O) groups is 2. The van der Waals surface area contributed by atoms with E-state index in [9.17, 15) is 9.59 Å². The van der Waals surface area contributed by atoms with Crippen LogP contribution in [-0.4, -0.2) is 34.4 Å². The second kappa shape index (κ2) is 4.13. The van der Waals surface area contributed by atoms with Crippen molar-refractivity contribution in [1.29, 1.82) is 0 Å². The number of nitrogens with zero attached hydrogens (tertiary/aromatic N) is 2. The summed E-state index contributed by atoms with van der Waals surface area (Å²) in [5.74, 6) is 4.81. The molecular weight excluding hydrogens is 194 g/mol. The van der Waals surface area contributed by atoms with Crippen molar-refractivity contribution in [1.82, 2.24) is 4.90 Å². The van der Waals surface area contributed by atoms with Gasteiger partial charge in [-0.2, -0.15) is 10.0 Å². The summed E-state index contributed by atoms with van der Waals surface area (Å²) in [7, 11) is 0. The minimum absolute atomic E-state index is 0.175. The van der Waals surface area contributed by atoms with E-state index in [1.54, 1.807) is 6.92 Å². The van der Waals surface area contributed by atoms with E-state index >= 15 is 0 Å². The number of thioether (sulfide) groups is 1. The van der Waals surface area contributed by atoms with E-state index in [1.807, 2.05) is 0 Å². The Morgan fingerprint density at radius 2 is 2.54 bits per heavy atom. The molecule has 1 heterocycles. The molecule has 0 spiro atoms. The molecule has 1 fully saturated rings. The van der Waals surface area contributed by atoms with Crippen LogP contribution in [0, 0.1) is 0 Å². The lowest BCUT2D eigenvalue weighted by molar-refractivity contribution is -0.122. The van der Waals surface area contributed by atoms with Gasteiger partial charge in [-0.15, -0.1) is 0 Å². The van der Waals surface area contributed by atoms with Crippen molar-refractivity contribution in [2.45, 2.75) is 6.92 Å². The van der Waals surface area contributed by atoms with Gasteiger partial charge in [-0.25, -0.2) is 4.79 Å². The van der Waals surface area contributed by atoms with E-state index in [2.05, 4.69) is 9.84 Å². The topological polar surface area (TPSA) is 85.0 Å². The smallest absolute Gasteiger partial charge is 0.422 e. The van der Waals surface area contributed by atoms with Crippen molar-refractivity contribution in [3.05, 3.63) is 0 Å². The number of imide groups is 1. The SMILES string of the molecule is CCOC(=O)N1C(=O)CSC1=NN. The molecule has 2 N–H and O–H groups in total. The summed E-state index contributed by atoms with van der Waals surface area (Å²) in [6.07, 6.45) is -0.721. The Balaban J connectivity index is 2.75. The van der Waals surface area contributed by atoms with Crippen LogP contribution in [0.25, 0.3) is 0 Å². The van der Waals surface area contributed by atoms with Crippen molar-refractivity contribution in [2.24, 2.45) is 10.9 Å². The molecule has 1 rings (SSSR count). The molecule has 2 amide bonds. The molecule has 1 saturated heterocycles. The van der Waals surface area contributed by atoms with Gasteiger partial charge in [-0.1, -0.05) is 11.8 Å². The van der Waals surface area contributed by atoms with Gasteiger partial charge in [0.15, 0.2) is 5.17 Å². The number of ether oxygens (including phenoxy) is 1. The van der Waals surface area contributed by atoms with Crippen LogP contribution < -0.4 is 5.84 Å². The Kier molecular flexibility index (Phi) is 3.13. The van der Waals surface area contributed by atoms with E-state index in [0.29, 0.717) is 0 Å². The number of carbonyl (C=O) groups excluding carboxylic acids is 2. The molecular formula is C6H9N3O3S. The van der Waals surface area contributed by atoms with E-state index in [1.165, 1.54) is 0 Å². The molecule has 6 nitrogen and oxygen atoms in total. The number of nitrogens with two attached hydrogens (primary N) is 1. The minimum atomic E-state index is -0.721. The monoisotopic (exact) mass is 203 g/mol. The molecule has 0 bridgehead atoms. The molecule has 1 aliphatic heterocycles. The Morgan fingerprint density at radius 1 is 1.85 bits per heavy atom. The largest absolute Gasteiger partial charge is 0.449 e. The molecule has 0 saturated carbocycles. The zero-order valence-corrected chi connectivity index (χ0v) is 7.84. The van der Waals surface area contributed by atoms with Crippen molar-refractivity contribution in [2.75, 3.05) is 12.4 Å². The van der Waals surface area contributed by atoms with Gasteiger partial charge in [-0.05, 0) is 6.92 Å². The highest BCUT2D eigenvalue weighted by Gasteiger charge is 2.34. The van der Waals surface area contributed by atoms with Gasteiger partial charge >= 0.3 is 6.09 Å². The van der Waals surface area contributed by atoms with Crippen LogP contribution in [0.2, 0.25) is 0 Å². The van der Waals surface area contributed by atoms with Gasteiger partial charge in [0.05, 0.1) is 12.4 Å². The number of amides is 2. The zero-order chi connectivity index (χ0) is 9.84. The maximum Gasteiger partial charge on any atom is 0.422 e. The van der Waals surface area contributed by atoms with Crippen molar-refractivity contribution < 1.29 is 14.3 Å². The Bertz CT molecular complexity index is 266. The van der Waals surface area contributed by atoms with Crippen LogP contribution >= 0.6 is 11.8 Å².